The van der Waals surface area contributed by atoms with Crippen molar-refractivity contribution >= 4 is 0 Å². The van der Waals surface area contributed by atoms with E-state index >= 15 is 0 Å². The average Bonchev–Trinajstić information content (AvgIpc) is 2.88. The van der Waals surface area contributed by atoms with Gasteiger partial charge < -0.3 is 14.6 Å². The van der Waals surface area contributed by atoms with Crippen molar-refractivity contribution in [2.75, 3.05) is 19.9 Å². The lowest BCUT2D eigenvalue weighted by molar-refractivity contribution is 0.174. The predicted octanol–water partition coefficient (Wildman–Crippen LogP) is 1.96. The fourth-order valence-corrected chi connectivity index (χ4v) is 2.51. The van der Waals surface area contributed by atoms with Crippen molar-refractivity contribution in [1.29, 1.82) is 0 Å². The first-order chi connectivity index (χ1) is 8.22. The molecule has 2 heterocycles. The third kappa shape index (κ3) is 2.05. The molecule has 0 spiro atoms. The van der Waals surface area contributed by atoms with Crippen LogP contribution in [0.3, 0.4) is 0 Å². The summed E-state index contributed by atoms with van der Waals surface area (Å²) in [6, 6.07) is 3.54. The summed E-state index contributed by atoms with van der Waals surface area (Å²) in [6.45, 7) is 5.51. The van der Waals surface area contributed by atoms with Crippen LogP contribution in [0, 0.1) is 5.92 Å². The molecule has 3 rings (SSSR count). The van der Waals surface area contributed by atoms with Crippen molar-refractivity contribution in [2.45, 2.75) is 19.9 Å². The quantitative estimate of drug-likeness (QED) is 0.851. The van der Waals surface area contributed by atoms with Crippen LogP contribution in [0.15, 0.2) is 12.1 Å². The van der Waals surface area contributed by atoms with E-state index < -0.39 is 0 Å². The van der Waals surface area contributed by atoms with Gasteiger partial charge in [0.1, 0.15) is 5.75 Å². The van der Waals surface area contributed by atoms with Crippen LogP contribution < -0.4 is 9.47 Å². The van der Waals surface area contributed by atoms with Gasteiger partial charge in [-0.25, -0.2) is 0 Å². The third-order valence-corrected chi connectivity index (χ3v) is 3.48. The molecule has 4 nitrogen and oxygen atoms in total. The number of hydrogen-bond donors (Lipinski definition) is 1. The van der Waals surface area contributed by atoms with Gasteiger partial charge in [0.25, 0.3) is 0 Å². The number of nitrogens with zero attached hydrogens (tertiary/aromatic N) is 1. The highest BCUT2D eigenvalue weighted by Gasteiger charge is 2.22. The van der Waals surface area contributed by atoms with Gasteiger partial charge in [0.2, 0.25) is 6.79 Å². The summed E-state index contributed by atoms with van der Waals surface area (Å²) in [4.78, 5) is 2.36. The second kappa shape index (κ2) is 4.11. The van der Waals surface area contributed by atoms with Gasteiger partial charge in [0, 0.05) is 24.7 Å². The zero-order chi connectivity index (χ0) is 11.8. The summed E-state index contributed by atoms with van der Waals surface area (Å²) < 4.78 is 10.6. The Morgan fingerprint density at radius 2 is 2.12 bits per heavy atom. The van der Waals surface area contributed by atoms with E-state index in [-0.39, 0.29) is 6.79 Å². The molecule has 0 aliphatic carbocycles. The van der Waals surface area contributed by atoms with Crippen LogP contribution in [0.25, 0.3) is 0 Å². The Morgan fingerprint density at radius 3 is 2.82 bits per heavy atom. The van der Waals surface area contributed by atoms with E-state index in [9.17, 15) is 5.11 Å². The number of aromatic hydroxyl groups is 1. The molecule has 1 fully saturated rings. The minimum Gasteiger partial charge on any atom is -0.507 e. The molecule has 1 aromatic rings. The third-order valence-electron chi connectivity index (χ3n) is 3.48. The Labute approximate surface area is 101 Å². The van der Waals surface area contributed by atoms with E-state index in [0.29, 0.717) is 11.5 Å². The summed E-state index contributed by atoms with van der Waals surface area (Å²) in [5, 5.41) is 9.94. The molecule has 92 valence electrons. The van der Waals surface area contributed by atoms with Gasteiger partial charge in [-0.3, -0.25) is 4.90 Å². The Kier molecular flexibility index (Phi) is 2.59. The maximum absolute atomic E-state index is 9.94. The number of rotatable bonds is 2. The van der Waals surface area contributed by atoms with Crippen molar-refractivity contribution in [2.24, 2.45) is 5.92 Å². The van der Waals surface area contributed by atoms with Gasteiger partial charge in [-0.1, -0.05) is 6.92 Å². The molecule has 1 atom stereocenters. The Hall–Kier alpha value is -1.42. The molecule has 0 radical (unpaired) electrons. The maximum atomic E-state index is 9.94. The first-order valence-electron chi connectivity index (χ1n) is 6.06. The maximum Gasteiger partial charge on any atom is 0.231 e. The molecule has 1 aromatic carbocycles. The molecule has 2 aliphatic rings. The first kappa shape index (κ1) is 10.7. The number of benzene rings is 1. The highest BCUT2D eigenvalue weighted by molar-refractivity contribution is 5.51. The molecular formula is C13H17NO3. The Balaban J connectivity index is 1.79. The number of hydrogen-bond acceptors (Lipinski definition) is 4. The summed E-state index contributed by atoms with van der Waals surface area (Å²) in [5.74, 6) is 2.44. The lowest BCUT2D eigenvalue weighted by Crippen LogP contribution is -2.19. The molecular weight excluding hydrogens is 218 g/mol. The number of ether oxygens (including phenoxy) is 2. The minimum atomic E-state index is 0.249. The molecule has 4 heteroatoms. The standard InChI is InChI=1S/C13H17NO3/c1-9-2-3-14(6-9)7-10-4-12-13(5-11(10)15)17-8-16-12/h4-5,9,15H,2-3,6-8H2,1H3. The SMILES string of the molecule is CC1CCN(Cc2cc3c(cc2O)OCO3)C1. The van der Waals surface area contributed by atoms with Crippen molar-refractivity contribution in [3.8, 4) is 17.2 Å². The molecule has 1 N–H and O–H groups in total. The van der Waals surface area contributed by atoms with E-state index in [0.717, 1.165) is 36.9 Å². The van der Waals surface area contributed by atoms with Crippen LogP contribution >= 0.6 is 0 Å². The second-order valence-corrected chi connectivity index (χ2v) is 4.96. The zero-order valence-electron chi connectivity index (χ0n) is 9.98. The molecule has 0 aromatic heterocycles. The number of likely N-dealkylation sites (tertiary alicyclic amines) is 1. The minimum absolute atomic E-state index is 0.249. The summed E-state index contributed by atoms with van der Waals surface area (Å²) >= 11 is 0. The largest absolute Gasteiger partial charge is 0.507 e. The number of phenolic OH excluding ortho intramolecular Hbond substituents is 1. The molecule has 0 saturated carbocycles. The van der Waals surface area contributed by atoms with Crippen LogP contribution in [0.2, 0.25) is 0 Å². The predicted molar refractivity (Wildman–Crippen MR) is 63.3 cm³/mol. The Bertz CT molecular complexity index is 433. The first-order valence-corrected chi connectivity index (χ1v) is 6.06. The highest BCUT2D eigenvalue weighted by atomic mass is 16.7. The van der Waals surface area contributed by atoms with Gasteiger partial charge in [0.05, 0.1) is 0 Å². The number of phenols is 1. The van der Waals surface area contributed by atoms with Crippen molar-refractivity contribution in [1.82, 2.24) is 4.90 Å². The lowest BCUT2D eigenvalue weighted by atomic mass is 10.1. The second-order valence-electron chi connectivity index (χ2n) is 4.96. The Morgan fingerprint density at radius 1 is 1.35 bits per heavy atom. The molecule has 2 aliphatic heterocycles. The van der Waals surface area contributed by atoms with Crippen LogP contribution in [-0.2, 0) is 6.54 Å². The van der Waals surface area contributed by atoms with Gasteiger partial charge in [-0.05, 0) is 24.9 Å². The lowest BCUT2D eigenvalue weighted by Gasteiger charge is -2.16. The topological polar surface area (TPSA) is 41.9 Å². The average molecular weight is 235 g/mol. The summed E-state index contributed by atoms with van der Waals surface area (Å²) in [5.41, 5.74) is 0.920. The molecule has 1 unspecified atom stereocenters. The fourth-order valence-electron chi connectivity index (χ4n) is 2.51. The monoisotopic (exact) mass is 235 g/mol. The molecule has 1 saturated heterocycles. The van der Waals surface area contributed by atoms with Gasteiger partial charge in [-0.2, -0.15) is 0 Å². The zero-order valence-corrected chi connectivity index (χ0v) is 9.98. The van der Waals surface area contributed by atoms with Crippen molar-refractivity contribution < 1.29 is 14.6 Å². The van der Waals surface area contributed by atoms with Crippen molar-refractivity contribution in [3.05, 3.63) is 17.7 Å². The van der Waals surface area contributed by atoms with Crippen LogP contribution in [0.5, 0.6) is 17.2 Å². The molecule has 0 bridgehead atoms. The van der Waals surface area contributed by atoms with Gasteiger partial charge in [-0.15, -0.1) is 0 Å². The number of fused-ring (bicyclic) bond motifs is 1. The molecule has 17 heavy (non-hydrogen) atoms. The fraction of sp³-hybridized carbons (Fsp3) is 0.538. The van der Waals surface area contributed by atoms with E-state index in [1.807, 2.05) is 6.07 Å². The van der Waals surface area contributed by atoms with E-state index in [2.05, 4.69) is 11.8 Å². The van der Waals surface area contributed by atoms with E-state index in [1.54, 1.807) is 6.07 Å². The van der Waals surface area contributed by atoms with Crippen LogP contribution in [-0.4, -0.2) is 29.9 Å². The normalized spacial score (nSPS) is 23.2. The summed E-state index contributed by atoms with van der Waals surface area (Å²) in [7, 11) is 0. The highest BCUT2D eigenvalue weighted by Crippen LogP contribution is 2.38. The van der Waals surface area contributed by atoms with Gasteiger partial charge >= 0.3 is 0 Å². The van der Waals surface area contributed by atoms with E-state index in [1.165, 1.54) is 6.42 Å². The molecule has 0 amide bonds. The van der Waals surface area contributed by atoms with Gasteiger partial charge in [0.15, 0.2) is 11.5 Å². The van der Waals surface area contributed by atoms with E-state index in [4.69, 9.17) is 9.47 Å². The smallest absolute Gasteiger partial charge is 0.231 e. The van der Waals surface area contributed by atoms with Crippen molar-refractivity contribution in [3.63, 3.8) is 0 Å². The van der Waals surface area contributed by atoms with Crippen LogP contribution in [0.1, 0.15) is 18.9 Å². The van der Waals surface area contributed by atoms with Crippen LogP contribution in [0.4, 0.5) is 0 Å². The summed E-state index contributed by atoms with van der Waals surface area (Å²) in [6.07, 6.45) is 1.24.